The predicted octanol–water partition coefficient (Wildman–Crippen LogP) is 2.46. The minimum atomic E-state index is -0.134. The summed E-state index contributed by atoms with van der Waals surface area (Å²) in [6.45, 7) is 2.74. The number of carbonyl (C=O) groups excluding carboxylic acids is 3. The Kier molecular flexibility index (Phi) is 10.9. The fourth-order valence-electron chi connectivity index (χ4n) is 4.45. The van der Waals surface area contributed by atoms with Gasteiger partial charge < -0.3 is 20.7 Å². The standard InChI is InChI=1S/C23H39N3O4/c1-3-4-7-12-22(28)26-16-23(29)25-15-18-17(19-13-14-20(18)30-19)10-8-5-6-9-11-21(27)24-2/h5,8,17-20H,3-4,6-7,9-16H2,1-2H3,(H,24,27)(H,25,29)(H,26,28)/b8-5-/t17-,18+,19-,20+/m0/s1. The summed E-state index contributed by atoms with van der Waals surface area (Å²) in [5, 5.41) is 8.33. The number of hydrogen-bond donors (Lipinski definition) is 3. The van der Waals surface area contributed by atoms with Crippen LogP contribution in [0.3, 0.4) is 0 Å². The highest BCUT2D eigenvalue weighted by molar-refractivity contribution is 5.84. The molecule has 7 nitrogen and oxygen atoms in total. The molecule has 2 aliphatic rings. The fourth-order valence-corrected chi connectivity index (χ4v) is 4.45. The normalized spacial score (nSPS) is 24.9. The summed E-state index contributed by atoms with van der Waals surface area (Å²) < 4.78 is 6.10. The molecule has 0 aromatic heterocycles. The van der Waals surface area contributed by atoms with Crippen LogP contribution in [0.15, 0.2) is 12.2 Å². The number of hydrogen-bond acceptors (Lipinski definition) is 4. The van der Waals surface area contributed by atoms with Gasteiger partial charge in [0, 0.05) is 32.4 Å². The van der Waals surface area contributed by atoms with E-state index in [2.05, 4.69) is 35.0 Å². The summed E-state index contributed by atoms with van der Waals surface area (Å²) >= 11 is 0. The second-order valence-corrected chi connectivity index (χ2v) is 8.43. The molecule has 2 saturated heterocycles. The second kappa shape index (κ2) is 13.4. The van der Waals surface area contributed by atoms with Crippen LogP contribution < -0.4 is 16.0 Å². The third kappa shape index (κ3) is 8.09. The molecule has 3 amide bonds. The Bertz CT molecular complexity index is 593. The minimum absolute atomic E-state index is 0.0442. The maximum atomic E-state index is 12.1. The van der Waals surface area contributed by atoms with Gasteiger partial charge in [-0.25, -0.2) is 0 Å². The van der Waals surface area contributed by atoms with Gasteiger partial charge in [-0.05, 0) is 44.4 Å². The van der Waals surface area contributed by atoms with E-state index in [0.717, 1.165) is 51.4 Å². The van der Waals surface area contributed by atoms with Gasteiger partial charge in [-0.15, -0.1) is 0 Å². The quantitative estimate of drug-likeness (QED) is 0.296. The molecular weight excluding hydrogens is 382 g/mol. The maximum absolute atomic E-state index is 12.1. The van der Waals surface area contributed by atoms with E-state index < -0.39 is 0 Å². The molecular formula is C23H39N3O4. The van der Waals surface area contributed by atoms with Gasteiger partial charge in [0.05, 0.1) is 18.8 Å². The van der Waals surface area contributed by atoms with E-state index in [-0.39, 0.29) is 36.5 Å². The van der Waals surface area contributed by atoms with Gasteiger partial charge >= 0.3 is 0 Å². The molecule has 0 aromatic rings. The lowest BCUT2D eigenvalue weighted by atomic mass is 9.77. The average Bonchev–Trinajstić information content (AvgIpc) is 3.35. The molecule has 0 spiro atoms. The molecule has 4 atom stereocenters. The first-order valence-electron chi connectivity index (χ1n) is 11.6. The Labute approximate surface area is 180 Å². The number of rotatable bonds is 14. The van der Waals surface area contributed by atoms with E-state index in [1.54, 1.807) is 7.05 Å². The molecule has 0 aliphatic carbocycles. The summed E-state index contributed by atoms with van der Waals surface area (Å²) in [4.78, 5) is 35.1. The zero-order valence-corrected chi connectivity index (χ0v) is 18.6. The smallest absolute Gasteiger partial charge is 0.239 e. The van der Waals surface area contributed by atoms with E-state index >= 15 is 0 Å². The number of unbranched alkanes of at least 4 members (excludes halogenated alkanes) is 3. The summed E-state index contributed by atoms with van der Waals surface area (Å²) in [7, 11) is 1.66. The number of ether oxygens (including phenoxy) is 1. The van der Waals surface area contributed by atoms with E-state index in [9.17, 15) is 14.4 Å². The van der Waals surface area contributed by atoms with E-state index in [0.29, 0.717) is 31.2 Å². The van der Waals surface area contributed by atoms with E-state index in [1.165, 1.54) is 0 Å². The average molecular weight is 422 g/mol. The van der Waals surface area contributed by atoms with Crippen molar-refractivity contribution < 1.29 is 19.1 Å². The van der Waals surface area contributed by atoms with Crippen LogP contribution in [0.1, 0.15) is 71.1 Å². The number of carbonyl (C=O) groups is 3. The number of allylic oxidation sites excluding steroid dienone is 2. The first kappa shape index (κ1) is 24.4. The molecule has 2 aliphatic heterocycles. The first-order valence-corrected chi connectivity index (χ1v) is 11.6. The Balaban J connectivity index is 1.67. The van der Waals surface area contributed by atoms with Crippen molar-refractivity contribution in [1.82, 2.24) is 16.0 Å². The molecule has 0 aromatic carbocycles. The Hall–Kier alpha value is -1.89. The molecule has 2 fully saturated rings. The summed E-state index contributed by atoms with van der Waals surface area (Å²) in [5.74, 6) is 0.635. The van der Waals surface area contributed by atoms with Gasteiger partial charge in [-0.3, -0.25) is 14.4 Å². The van der Waals surface area contributed by atoms with E-state index in [4.69, 9.17) is 4.74 Å². The molecule has 170 valence electrons. The Morgan fingerprint density at radius 1 is 0.900 bits per heavy atom. The van der Waals surface area contributed by atoms with Crippen molar-refractivity contribution >= 4 is 17.7 Å². The van der Waals surface area contributed by atoms with Crippen LogP contribution in [0, 0.1) is 11.8 Å². The molecule has 2 rings (SSSR count). The van der Waals surface area contributed by atoms with Gasteiger partial charge in [-0.2, -0.15) is 0 Å². The summed E-state index contributed by atoms with van der Waals surface area (Å²) in [5.41, 5.74) is 0. The number of fused-ring (bicyclic) bond motifs is 2. The van der Waals surface area contributed by atoms with Gasteiger partial charge in [0.2, 0.25) is 17.7 Å². The molecule has 0 radical (unpaired) electrons. The predicted molar refractivity (Wildman–Crippen MR) is 117 cm³/mol. The second-order valence-electron chi connectivity index (χ2n) is 8.43. The van der Waals surface area contributed by atoms with Crippen molar-refractivity contribution in [3.8, 4) is 0 Å². The van der Waals surface area contributed by atoms with Gasteiger partial charge in [0.25, 0.3) is 0 Å². The highest BCUT2D eigenvalue weighted by atomic mass is 16.5. The first-order chi connectivity index (χ1) is 14.5. The topological polar surface area (TPSA) is 96.5 Å². The molecule has 7 heteroatoms. The molecule has 3 N–H and O–H groups in total. The van der Waals surface area contributed by atoms with Crippen LogP contribution in [0.25, 0.3) is 0 Å². The van der Waals surface area contributed by atoms with Crippen LogP contribution in [0.5, 0.6) is 0 Å². The van der Waals surface area contributed by atoms with Crippen molar-refractivity contribution in [2.75, 3.05) is 20.1 Å². The van der Waals surface area contributed by atoms with Crippen LogP contribution in [0.4, 0.5) is 0 Å². The SMILES string of the molecule is CCCCCC(=O)NCC(=O)NC[C@@H]1[C@H](C/C=C\CCCC(=O)NC)[C@@H]2CC[C@H]1O2. The van der Waals surface area contributed by atoms with Crippen LogP contribution in [-0.2, 0) is 19.1 Å². The van der Waals surface area contributed by atoms with Gasteiger partial charge in [0.1, 0.15) is 0 Å². The third-order valence-corrected chi connectivity index (χ3v) is 6.21. The summed E-state index contributed by atoms with van der Waals surface area (Å²) in [6, 6.07) is 0. The maximum Gasteiger partial charge on any atom is 0.239 e. The molecule has 0 saturated carbocycles. The molecule has 30 heavy (non-hydrogen) atoms. The van der Waals surface area contributed by atoms with E-state index in [1.807, 2.05) is 0 Å². The lowest BCUT2D eigenvalue weighted by Crippen LogP contribution is -2.42. The lowest BCUT2D eigenvalue weighted by molar-refractivity contribution is -0.126. The van der Waals surface area contributed by atoms with Crippen LogP contribution in [-0.4, -0.2) is 50.1 Å². The van der Waals surface area contributed by atoms with Crippen LogP contribution in [0.2, 0.25) is 0 Å². The minimum Gasteiger partial charge on any atom is -0.374 e. The van der Waals surface area contributed by atoms with Crippen LogP contribution >= 0.6 is 0 Å². The van der Waals surface area contributed by atoms with Gasteiger partial charge in [0.15, 0.2) is 0 Å². The Morgan fingerprint density at radius 2 is 1.63 bits per heavy atom. The van der Waals surface area contributed by atoms with Crippen molar-refractivity contribution in [1.29, 1.82) is 0 Å². The Morgan fingerprint density at radius 3 is 2.37 bits per heavy atom. The fraction of sp³-hybridized carbons (Fsp3) is 0.783. The van der Waals surface area contributed by atoms with Crippen molar-refractivity contribution in [2.45, 2.75) is 83.3 Å². The molecule has 2 bridgehead atoms. The monoisotopic (exact) mass is 421 g/mol. The van der Waals surface area contributed by atoms with Gasteiger partial charge in [-0.1, -0.05) is 31.9 Å². The third-order valence-electron chi connectivity index (χ3n) is 6.21. The zero-order chi connectivity index (χ0) is 21.8. The highest BCUT2D eigenvalue weighted by Gasteiger charge is 2.47. The zero-order valence-electron chi connectivity index (χ0n) is 18.6. The van der Waals surface area contributed by atoms with Crippen molar-refractivity contribution in [3.63, 3.8) is 0 Å². The summed E-state index contributed by atoms with van der Waals surface area (Å²) in [6.07, 6.45) is 13.7. The van der Waals surface area contributed by atoms with Crippen molar-refractivity contribution in [3.05, 3.63) is 12.2 Å². The lowest BCUT2D eigenvalue weighted by Gasteiger charge is -2.27. The number of amides is 3. The largest absolute Gasteiger partial charge is 0.374 e. The molecule has 2 heterocycles. The number of nitrogens with one attached hydrogen (secondary N) is 3. The molecule has 0 unspecified atom stereocenters. The highest BCUT2D eigenvalue weighted by Crippen LogP contribution is 2.44. The van der Waals surface area contributed by atoms with Crippen molar-refractivity contribution in [2.24, 2.45) is 11.8 Å².